The van der Waals surface area contributed by atoms with E-state index in [0.717, 1.165) is 11.6 Å². The highest BCUT2D eigenvalue weighted by Gasteiger charge is 2.35. The minimum Gasteiger partial charge on any atom is -0.337 e. The normalized spacial score (nSPS) is 12.0. The Hall–Kier alpha value is -3.16. The van der Waals surface area contributed by atoms with Gasteiger partial charge in [-0.1, -0.05) is 45.0 Å². The first-order valence-corrected chi connectivity index (χ1v) is 8.87. The Morgan fingerprint density at radius 3 is 2.10 bits per heavy atom. The van der Waals surface area contributed by atoms with Gasteiger partial charge in [0.05, 0.1) is 5.69 Å². The van der Waals surface area contributed by atoms with Crippen molar-refractivity contribution in [1.82, 2.24) is 9.97 Å². The third-order valence-electron chi connectivity index (χ3n) is 4.23. The summed E-state index contributed by atoms with van der Waals surface area (Å²) in [6.45, 7) is 6.24. The van der Waals surface area contributed by atoms with Crippen molar-refractivity contribution < 1.29 is 17.6 Å². The molecule has 2 N–H and O–H groups in total. The summed E-state index contributed by atoms with van der Waals surface area (Å²) in [6, 6.07) is 12.9. The lowest BCUT2D eigenvalue weighted by atomic mass is 9.87. The maximum atomic E-state index is 13.9. The number of aromatic nitrogens is 2. The molecule has 29 heavy (non-hydrogen) atoms. The van der Waals surface area contributed by atoms with Crippen LogP contribution in [0, 0.1) is 5.82 Å². The van der Waals surface area contributed by atoms with Gasteiger partial charge < -0.3 is 10.6 Å². The van der Waals surface area contributed by atoms with Crippen molar-refractivity contribution in [3.63, 3.8) is 0 Å². The molecule has 0 radical (unpaired) electrons. The topological polar surface area (TPSA) is 49.8 Å². The van der Waals surface area contributed by atoms with Crippen molar-refractivity contribution in [2.45, 2.75) is 32.4 Å². The molecule has 0 amide bonds. The fraction of sp³-hybridized carbons (Fsp3) is 0.238. The summed E-state index contributed by atoms with van der Waals surface area (Å²) in [5.74, 6) is -1.27. The van der Waals surface area contributed by atoms with Gasteiger partial charge in [-0.25, -0.2) is 9.37 Å². The van der Waals surface area contributed by atoms with E-state index < -0.39 is 23.4 Å². The van der Waals surface area contributed by atoms with Crippen LogP contribution in [0.2, 0.25) is 0 Å². The highest BCUT2D eigenvalue weighted by atomic mass is 19.4. The van der Waals surface area contributed by atoms with E-state index in [1.165, 1.54) is 18.2 Å². The Kier molecular flexibility index (Phi) is 5.46. The first kappa shape index (κ1) is 20.6. The molecule has 0 aliphatic heterocycles. The van der Waals surface area contributed by atoms with E-state index in [1.807, 2.05) is 12.1 Å². The molecule has 0 unspecified atom stereocenters. The lowest BCUT2D eigenvalue weighted by molar-refractivity contribution is -0.137. The van der Waals surface area contributed by atoms with Crippen LogP contribution < -0.4 is 10.6 Å². The van der Waals surface area contributed by atoms with Crippen molar-refractivity contribution >= 4 is 23.1 Å². The third kappa shape index (κ3) is 5.01. The molecule has 0 atom stereocenters. The zero-order valence-corrected chi connectivity index (χ0v) is 16.1. The monoisotopic (exact) mass is 404 g/mol. The molecule has 0 spiro atoms. The summed E-state index contributed by atoms with van der Waals surface area (Å²) in [6.07, 6.45) is -4.03. The number of anilines is 4. The second kappa shape index (κ2) is 7.69. The number of hydrogen-bond acceptors (Lipinski definition) is 4. The molecule has 0 bridgehead atoms. The Morgan fingerprint density at radius 1 is 0.862 bits per heavy atom. The summed E-state index contributed by atoms with van der Waals surface area (Å²) in [4.78, 5) is 7.68. The van der Waals surface area contributed by atoms with E-state index in [4.69, 9.17) is 0 Å². The van der Waals surface area contributed by atoms with Crippen LogP contribution in [0.15, 0.2) is 54.7 Å². The van der Waals surface area contributed by atoms with Gasteiger partial charge in [0.1, 0.15) is 17.2 Å². The molecule has 3 rings (SSSR count). The molecule has 4 nitrogen and oxygen atoms in total. The first-order chi connectivity index (χ1) is 13.5. The average Bonchev–Trinajstić information content (AvgIpc) is 2.62. The van der Waals surface area contributed by atoms with Gasteiger partial charge in [-0.2, -0.15) is 18.2 Å². The number of nitrogens with one attached hydrogen (secondary N) is 2. The Balaban J connectivity index is 1.92. The van der Waals surface area contributed by atoms with E-state index in [2.05, 4.69) is 41.4 Å². The largest absolute Gasteiger partial charge is 0.421 e. The van der Waals surface area contributed by atoms with Gasteiger partial charge in [0, 0.05) is 11.9 Å². The number of halogens is 4. The number of para-hydroxylation sites is 1. The maximum Gasteiger partial charge on any atom is 0.421 e. The van der Waals surface area contributed by atoms with Crippen LogP contribution in [0.4, 0.5) is 40.7 Å². The first-order valence-electron chi connectivity index (χ1n) is 8.87. The zero-order chi connectivity index (χ0) is 21.2. The van der Waals surface area contributed by atoms with Gasteiger partial charge in [0.2, 0.25) is 5.95 Å². The fourth-order valence-corrected chi connectivity index (χ4v) is 2.62. The second-order valence-corrected chi connectivity index (χ2v) is 7.51. The molecule has 1 heterocycles. The molecule has 0 aliphatic rings. The molecule has 3 aromatic rings. The predicted octanol–water partition coefficient (Wildman–Crippen LogP) is 6.42. The molecule has 1 aromatic heterocycles. The van der Waals surface area contributed by atoms with E-state index in [0.29, 0.717) is 11.9 Å². The summed E-state index contributed by atoms with van der Waals surface area (Å²) in [5.41, 5.74) is 0.500. The molecular weight excluding hydrogens is 384 g/mol. The number of nitrogens with zero attached hydrogens (tertiary/aromatic N) is 2. The third-order valence-corrected chi connectivity index (χ3v) is 4.23. The Morgan fingerprint density at radius 2 is 1.52 bits per heavy atom. The van der Waals surface area contributed by atoms with Crippen LogP contribution in [-0.4, -0.2) is 9.97 Å². The van der Waals surface area contributed by atoms with Crippen molar-refractivity contribution in [3.8, 4) is 0 Å². The van der Waals surface area contributed by atoms with Crippen LogP contribution in [0.5, 0.6) is 0 Å². The average molecular weight is 404 g/mol. The number of hydrogen-bond donors (Lipinski definition) is 2. The summed E-state index contributed by atoms with van der Waals surface area (Å²) in [7, 11) is 0. The quantitative estimate of drug-likeness (QED) is 0.493. The number of benzene rings is 2. The van der Waals surface area contributed by atoms with Gasteiger partial charge in [-0.15, -0.1) is 0 Å². The molecule has 8 heteroatoms. The minimum absolute atomic E-state index is 0.0275. The Labute approximate surface area is 166 Å². The van der Waals surface area contributed by atoms with Crippen LogP contribution in [0.1, 0.15) is 31.9 Å². The number of alkyl halides is 3. The summed E-state index contributed by atoms with van der Waals surface area (Å²) in [5, 5.41) is 5.30. The van der Waals surface area contributed by atoms with Gasteiger partial charge in [-0.05, 0) is 35.2 Å². The molecule has 0 saturated heterocycles. The molecule has 0 saturated carbocycles. The lowest BCUT2D eigenvalue weighted by Gasteiger charge is -2.19. The predicted molar refractivity (Wildman–Crippen MR) is 105 cm³/mol. The molecular formula is C21H20F4N4. The lowest BCUT2D eigenvalue weighted by Crippen LogP contribution is -2.13. The van der Waals surface area contributed by atoms with Crippen LogP contribution in [0.3, 0.4) is 0 Å². The van der Waals surface area contributed by atoms with E-state index >= 15 is 0 Å². The Bertz CT molecular complexity index is 993. The highest BCUT2D eigenvalue weighted by molar-refractivity contribution is 5.63. The fourth-order valence-electron chi connectivity index (χ4n) is 2.62. The van der Waals surface area contributed by atoms with Crippen LogP contribution in [0.25, 0.3) is 0 Å². The minimum atomic E-state index is -4.69. The van der Waals surface area contributed by atoms with Gasteiger partial charge in [0.15, 0.2) is 0 Å². The summed E-state index contributed by atoms with van der Waals surface area (Å²) < 4.78 is 53.9. The molecule has 2 aromatic carbocycles. The molecule has 0 fully saturated rings. The highest BCUT2D eigenvalue weighted by Crippen LogP contribution is 2.35. The van der Waals surface area contributed by atoms with E-state index in [9.17, 15) is 17.6 Å². The van der Waals surface area contributed by atoms with Gasteiger partial charge in [-0.3, -0.25) is 0 Å². The zero-order valence-electron chi connectivity index (χ0n) is 16.1. The van der Waals surface area contributed by atoms with E-state index in [1.54, 1.807) is 12.1 Å². The van der Waals surface area contributed by atoms with E-state index in [-0.39, 0.29) is 17.1 Å². The van der Waals surface area contributed by atoms with Gasteiger partial charge in [0.25, 0.3) is 0 Å². The van der Waals surface area contributed by atoms with Crippen molar-refractivity contribution in [2.24, 2.45) is 0 Å². The maximum absolute atomic E-state index is 13.9. The van der Waals surface area contributed by atoms with Crippen LogP contribution in [-0.2, 0) is 11.6 Å². The standard InChI is InChI=1S/C21H20F4N4/c1-20(2,3)13-8-10-14(11-9-13)27-19-26-12-15(21(23,24)25)18(29-19)28-17-7-5-4-6-16(17)22/h4-12H,1-3H3,(H2,26,27,28,29). The molecule has 152 valence electrons. The number of rotatable bonds is 4. The summed E-state index contributed by atoms with van der Waals surface area (Å²) >= 11 is 0. The molecule has 0 aliphatic carbocycles. The SMILES string of the molecule is CC(C)(C)c1ccc(Nc2ncc(C(F)(F)F)c(Nc3ccccc3F)n2)cc1. The van der Waals surface area contributed by atoms with Gasteiger partial charge >= 0.3 is 6.18 Å². The van der Waals surface area contributed by atoms with Crippen molar-refractivity contribution in [1.29, 1.82) is 0 Å². The second-order valence-electron chi connectivity index (χ2n) is 7.51. The van der Waals surface area contributed by atoms with Crippen LogP contribution >= 0.6 is 0 Å². The smallest absolute Gasteiger partial charge is 0.337 e. The van der Waals surface area contributed by atoms with Crippen molar-refractivity contribution in [3.05, 3.63) is 71.7 Å². The van der Waals surface area contributed by atoms with Crippen molar-refractivity contribution in [2.75, 3.05) is 10.6 Å².